The molecule has 0 radical (unpaired) electrons. The van der Waals surface area contributed by atoms with Crippen LogP contribution >= 0.6 is 0 Å². The maximum Gasteiger partial charge on any atom is 0.255 e. The molecule has 2 saturated carbocycles. The fraction of sp³-hybridized carbons (Fsp3) is 0.588. The summed E-state index contributed by atoms with van der Waals surface area (Å²) in [5.41, 5.74) is 0.714. The lowest BCUT2D eigenvalue weighted by atomic mass is 9.82. The van der Waals surface area contributed by atoms with Gasteiger partial charge in [0, 0.05) is 6.20 Å². The van der Waals surface area contributed by atoms with E-state index in [9.17, 15) is 10.1 Å². The maximum atomic E-state index is 12.5. The molecule has 2 aliphatic rings. The lowest BCUT2D eigenvalue weighted by Gasteiger charge is -2.29. The smallest absolute Gasteiger partial charge is 0.255 e. The summed E-state index contributed by atoms with van der Waals surface area (Å²) in [7, 11) is 0. The summed E-state index contributed by atoms with van der Waals surface area (Å²) in [4.78, 5) is 12.5. The van der Waals surface area contributed by atoms with Gasteiger partial charge in [0.15, 0.2) is 5.54 Å². The molecule has 8 nitrogen and oxygen atoms in total. The molecule has 130 valence electrons. The Morgan fingerprint density at radius 1 is 1.40 bits per heavy atom. The molecule has 0 saturated heterocycles. The standard InChI is InChI=1S/C17H21N7O/c18-11-17(6-7-17)24-10-14(22-23-24)15(12-4-2-1-3-5-12)21-16(25)13-8-19-20-9-13/h8-10,12,15H,1-7H2,(H,19,20)(H,21,25)/t15-/m1/s1. The normalized spacial score (nSPS) is 20.6. The second kappa shape index (κ2) is 6.31. The number of nitrogens with one attached hydrogen (secondary N) is 2. The number of nitriles is 1. The highest BCUT2D eigenvalue weighted by molar-refractivity contribution is 5.93. The zero-order valence-corrected chi connectivity index (χ0v) is 14.0. The van der Waals surface area contributed by atoms with Gasteiger partial charge in [-0.25, -0.2) is 4.68 Å². The van der Waals surface area contributed by atoms with Crippen molar-refractivity contribution in [2.75, 3.05) is 0 Å². The van der Waals surface area contributed by atoms with Gasteiger partial charge in [0.1, 0.15) is 5.69 Å². The number of carbonyl (C=O) groups excluding carboxylic acids is 1. The third-order valence-corrected chi connectivity index (χ3v) is 5.37. The number of hydrogen-bond donors (Lipinski definition) is 2. The van der Waals surface area contributed by atoms with Crippen LogP contribution in [0.5, 0.6) is 0 Å². The molecule has 2 aromatic rings. The van der Waals surface area contributed by atoms with Crippen molar-refractivity contribution >= 4 is 5.91 Å². The minimum atomic E-state index is -0.531. The summed E-state index contributed by atoms with van der Waals surface area (Å²) in [6.45, 7) is 0. The van der Waals surface area contributed by atoms with Gasteiger partial charge in [-0.3, -0.25) is 9.89 Å². The molecule has 8 heteroatoms. The van der Waals surface area contributed by atoms with Crippen molar-refractivity contribution in [3.05, 3.63) is 29.8 Å². The summed E-state index contributed by atoms with van der Waals surface area (Å²) in [6, 6.07) is 2.14. The molecule has 4 rings (SSSR count). The molecule has 0 unspecified atom stereocenters. The molecule has 2 N–H and O–H groups in total. The SMILES string of the molecule is N#CC1(n2cc([C@H](NC(=O)c3cn[nH]c3)C3CCCCC3)nn2)CC1. The zero-order valence-electron chi connectivity index (χ0n) is 14.0. The number of carbonyl (C=O) groups is 1. The van der Waals surface area contributed by atoms with Crippen molar-refractivity contribution in [3.63, 3.8) is 0 Å². The molecule has 1 amide bonds. The predicted molar refractivity (Wildman–Crippen MR) is 88.2 cm³/mol. The van der Waals surface area contributed by atoms with Crippen LogP contribution in [0.15, 0.2) is 18.6 Å². The second-order valence-electron chi connectivity index (χ2n) is 7.07. The van der Waals surface area contributed by atoms with Crippen LogP contribution in [-0.4, -0.2) is 31.1 Å². The van der Waals surface area contributed by atoms with E-state index in [1.165, 1.54) is 25.5 Å². The van der Waals surface area contributed by atoms with E-state index in [0.29, 0.717) is 11.5 Å². The average molecular weight is 339 g/mol. The van der Waals surface area contributed by atoms with E-state index in [1.54, 1.807) is 10.9 Å². The van der Waals surface area contributed by atoms with Crippen LogP contribution in [0.4, 0.5) is 0 Å². The summed E-state index contributed by atoms with van der Waals surface area (Å²) in [5, 5.41) is 27.5. The van der Waals surface area contributed by atoms with Crippen LogP contribution in [0, 0.1) is 17.2 Å². The van der Waals surface area contributed by atoms with Crippen molar-refractivity contribution in [2.24, 2.45) is 5.92 Å². The predicted octanol–water partition coefficient (Wildman–Crippen LogP) is 2.07. The van der Waals surface area contributed by atoms with E-state index in [2.05, 4.69) is 31.9 Å². The fourth-order valence-electron chi connectivity index (χ4n) is 3.64. The highest BCUT2D eigenvalue weighted by Crippen LogP contribution is 2.42. The van der Waals surface area contributed by atoms with Gasteiger partial charge in [-0.1, -0.05) is 24.5 Å². The monoisotopic (exact) mass is 339 g/mol. The van der Waals surface area contributed by atoms with Gasteiger partial charge < -0.3 is 5.32 Å². The molecule has 25 heavy (non-hydrogen) atoms. The Morgan fingerprint density at radius 3 is 2.84 bits per heavy atom. The molecule has 0 aliphatic heterocycles. The first-order chi connectivity index (χ1) is 12.2. The van der Waals surface area contributed by atoms with Crippen molar-refractivity contribution in [1.29, 1.82) is 5.26 Å². The van der Waals surface area contributed by atoms with Crippen LogP contribution in [0.3, 0.4) is 0 Å². The molecule has 0 aromatic carbocycles. The Kier molecular flexibility index (Phi) is 3.99. The zero-order chi connectivity index (χ0) is 17.3. The number of rotatable bonds is 5. The van der Waals surface area contributed by atoms with E-state index < -0.39 is 5.54 Å². The number of hydrogen-bond acceptors (Lipinski definition) is 5. The first-order valence-corrected chi connectivity index (χ1v) is 8.85. The molecule has 0 spiro atoms. The Morgan fingerprint density at radius 2 is 2.20 bits per heavy atom. The van der Waals surface area contributed by atoms with E-state index in [-0.39, 0.29) is 11.9 Å². The first-order valence-electron chi connectivity index (χ1n) is 8.85. The molecule has 2 fully saturated rings. The molecular weight excluding hydrogens is 318 g/mol. The van der Waals surface area contributed by atoms with Crippen LogP contribution < -0.4 is 5.32 Å². The Bertz CT molecular complexity index is 778. The van der Waals surface area contributed by atoms with Crippen LogP contribution in [0.25, 0.3) is 0 Å². The quantitative estimate of drug-likeness (QED) is 0.866. The maximum absolute atomic E-state index is 12.5. The van der Waals surface area contributed by atoms with Crippen LogP contribution in [-0.2, 0) is 5.54 Å². The van der Waals surface area contributed by atoms with E-state index in [1.807, 2.05) is 6.20 Å². The van der Waals surface area contributed by atoms with Crippen LogP contribution in [0.2, 0.25) is 0 Å². The molecular formula is C17H21N7O. The molecule has 1 atom stereocenters. The number of aromatic amines is 1. The molecule has 0 bridgehead atoms. The summed E-state index contributed by atoms with van der Waals surface area (Å²) in [6.07, 6.45) is 12.2. The Balaban J connectivity index is 1.59. The van der Waals surface area contributed by atoms with E-state index in [4.69, 9.17) is 0 Å². The van der Waals surface area contributed by atoms with Crippen molar-refractivity contribution in [1.82, 2.24) is 30.5 Å². The summed E-state index contributed by atoms with van der Waals surface area (Å²) in [5.74, 6) is 0.173. The molecule has 2 aromatic heterocycles. The van der Waals surface area contributed by atoms with Gasteiger partial charge in [0.2, 0.25) is 0 Å². The van der Waals surface area contributed by atoms with Gasteiger partial charge in [-0.05, 0) is 31.6 Å². The van der Waals surface area contributed by atoms with Crippen molar-refractivity contribution in [3.8, 4) is 6.07 Å². The number of aromatic nitrogens is 5. The van der Waals surface area contributed by atoms with Gasteiger partial charge in [0.05, 0.1) is 30.1 Å². The largest absolute Gasteiger partial charge is 0.343 e. The van der Waals surface area contributed by atoms with E-state index >= 15 is 0 Å². The van der Waals surface area contributed by atoms with Crippen molar-refractivity contribution in [2.45, 2.75) is 56.5 Å². The highest BCUT2D eigenvalue weighted by atomic mass is 16.1. The minimum absolute atomic E-state index is 0.166. The van der Waals surface area contributed by atoms with Crippen molar-refractivity contribution < 1.29 is 4.79 Å². The number of amides is 1. The first kappa shape index (κ1) is 15.8. The fourth-order valence-corrected chi connectivity index (χ4v) is 3.64. The molecule has 2 heterocycles. The number of H-pyrrole nitrogens is 1. The van der Waals surface area contributed by atoms with Gasteiger partial charge in [0.25, 0.3) is 5.91 Å². The second-order valence-corrected chi connectivity index (χ2v) is 7.07. The summed E-state index contributed by atoms with van der Waals surface area (Å²) < 4.78 is 1.67. The highest BCUT2D eigenvalue weighted by Gasteiger charge is 2.47. The van der Waals surface area contributed by atoms with Gasteiger partial charge >= 0.3 is 0 Å². The Labute approximate surface area is 145 Å². The lowest BCUT2D eigenvalue weighted by molar-refractivity contribution is 0.0911. The average Bonchev–Trinajstić information content (AvgIpc) is 3.05. The minimum Gasteiger partial charge on any atom is -0.343 e. The van der Waals surface area contributed by atoms with Gasteiger partial charge in [-0.2, -0.15) is 10.4 Å². The molecule has 2 aliphatic carbocycles. The number of nitrogens with zero attached hydrogens (tertiary/aromatic N) is 5. The van der Waals surface area contributed by atoms with Crippen LogP contribution in [0.1, 0.15) is 67.0 Å². The lowest BCUT2D eigenvalue weighted by Crippen LogP contribution is -2.34. The third-order valence-electron chi connectivity index (χ3n) is 5.37. The topological polar surface area (TPSA) is 112 Å². The van der Waals surface area contributed by atoms with Gasteiger partial charge in [-0.15, -0.1) is 5.10 Å². The summed E-state index contributed by atoms with van der Waals surface area (Å²) >= 11 is 0. The Hall–Kier alpha value is -2.69. The third kappa shape index (κ3) is 3.02. The van der Waals surface area contributed by atoms with E-state index in [0.717, 1.165) is 31.4 Å².